The fourth-order valence-corrected chi connectivity index (χ4v) is 3.15. The zero-order chi connectivity index (χ0) is 20.5. The van der Waals surface area contributed by atoms with Crippen LogP contribution < -0.4 is 0 Å². The van der Waals surface area contributed by atoms with E-state index in [4.69, 9.17) is 0 Å². The van der Waals surface area contributed by atoms with E-state index in [1.54, 1.807) is 60.7 Å². The lowest BCUT2D eigenvalue weighted by atomic mass is 9.85. The minimum Gasteiger partial charge on any atom is -0.267 e. The number of nitrogens with zero attached hydrogens (tertiary/aromatic N) is 1. The van der Waals surface area contributed by atoms with Gasteiger partial charge in [-0.1, -0.05) is 60.7 Å². The molecule has 146 valence electrons. The molecule has 3 rings (SSSR count). The maximum Gasteiger partial charge on any atom is 0.525 e. The highest BCUT2D eigenvalue weighted by atomic mass is 32.2. The van der Waals surface area contributed by atoms with Gasteiger partial charge in [0.05, 0.1) is 0 Å². The van der Waals surface area contributed by atoms with Gasteiger partial charge in [-0.25, -0.2) is 0 Å². The van der Waals surface area contributed by atoms with Gasteiger partial charge < -0.3 is 0 Å². The van der Waals surface area contributed by atoms with Crippen molar-refractivity contribution in [1.82, 2.24) is 5.06 Å². The van der Waals surface area contributed by atoms with E-state index >= 15 is 0 Å². The topological polar surface area (TPSA) is 80.8 Å². The normalized spacial score (nSPS) is 15.3. The quantitative estimate of drug-likeness (QED) is 0.558. The van der Waals surface area contributed by atoms with Crippen LogP contribution in [-0.2, 0) is 24.0 Å². The van der Waals surface area contributed by atoms with Crippen molar-refractivity contribution in [3.8, 4) is 0 Å². The molecule has 0 bridgehead atoms. The van der Waals surface area contributed by atoms with E-state index in [0.717, 1.165) is 6.08 Å². The number of amides is 2. The Hall–Kier alpha value is -2.98. The number of alkyl halides is 3. The maximum absolute atomic E-state index is 12.6. The first kappa shape index (κ1) is 19.8. The number of hydrogen-bond acceptors (Lipinski definition) is 5. The summed E-state index contributed by atoms with van der Waals surface area (Å²) in [5.41, 5.74) is -4.82. The number of imide groups is 1. The molecule has 0 saturated heterocycles. The lowest BCUT2D eigenvalue weighted by molar-refractivity contribution is -0.165. The Morgan fingerprint density at radius 1 is 0.857 bits per heavy atom. The van der Waals surface area contributed by atoms with Crippen LogP contribution in [0.25, 0.3) is 0 Å². The van der Waals surface area contributed by atoms with Gasteiger partial charge in [0.1, 0.15) is 0 Å². The zero-order valence-electron chi connectivity index (χ0n) is 14.0. The van der Waals surface area contributed by atoms with Gasteiger partial charge in [-0.2, -0.15) is 21.6 Å². The van der Waals surface area contributed by atoms with Crippen molar-refractivity contribution in [3.63, 3.8) is 0 Å². The standard InChI is InChI=1S/C18H12F3NO5S/c19-18(20,21)28(25,26)27-22-15(23)11-14(17(22)24)16(12-7-3-1-4-8-12)13-9-5-2-6-10-13/h1-11,16H. The molecule has 28 heavy (non-hydrogen) atoms. The first-order chi connectivity index (χ1) is 13.1. The number of carbonyl (C=O) groups is 2. The molecule has 1 heterocycles. The van der Waals surface area contributed by atoms with E-state index < -0.39 is 38.4 Å². The molecule has 1 aliphatic heterocycles. The second-order valence-electron chi connectivity index (χ2n) is 5.77. The van der Waals surface area contributed by atoms with E-state index in [9.17, 15) is 31.2 Å². The summed E-state index contributed by atoms with van der Waals surface area (Å²) in [6.45, 7) is 0. The largest absolute Gasteiger partial charge is 0.525 e. The Bertz CT molecular complexity index is 994. The van der Waals surface area contributed by atoms with E-state index in [1.165, 1.54) is 0 Å². The van der Waals surface area contributed by atoms with Crippen molar-refractivity contribution < 1.29 is 35.5 Å². The van der Waals surface area contributed by atoms with Crippen LogP contribution >= 0.6 is 0 Å². The van der Waals surface area contributed by atoms with Crippen LogP contribution in [0.2, 0.25) is 0 Å². The minimum atomic E-state index is -6.17. The summed E-state index contributed by atoms with van der Waals surface area (Å²) in [4.78, 5) is 24.6. The Morgan fingerprint density at radius 3 is 1.75 bits per heavy atom. The molecule has 0 unspecified atom stereocenters. The Labute approximate surface area is 157 Å². The highest BCUT2D eigenvalue weighted by molar-refractivity contribution is 7.87. The van der Waals surface area contributed by atoms with Crippen LogP contribution in [0.15, 0.2) is 72.3 Å². The van der Waals surface area contributed by atoms with Gasteiger partial charge in [-0.3, -0.25) is 9.59 Å². The minimum absolute atomic E-state index is 0.209. The van der Waals surface area contributed by atoms with Crippen molar-refractivity contribution in [2.45, 2.75) is 11.4 Å². The molecular formula is C18H12F3NO5S. The summed E-state index contributed by atoms with van der Waals surface area (Å²) in [5.74, 6) is -3.40. The first-order valence-corrected chi connectivity index (χ1v) is 9.23. The third-order valence-corrected chi connectivity index (χ3v) is 4.86. The van der Waals surface area contributed by atoms with Gasteiger partial charge in [0, 0.05) is 17.6 Å². The fourth-order valence-electron chi connectivity index (χ4n) is 2.73. The molecule has 2 aromatic rings. The molecule has 0 saturated carbocycles. The van der Waals surface area contributed by atoms with Crippen molar-refractivity contribution in [1.29, 1.82) is 0 Å². The predicted octanol–water partition coefficient (Wildman–Crippen LogP) is 2.89. The summed E-state index contributed by atoms with van der Waals surface area (Å²) >= 11 is 0. The Kier molecular flexibility index (Phi) is 5.09. The van der Waals surface area contributed by atoms with Crippen LogP contribution in [0.1, 0.15) is 17.0 Å². The van der Waals surface area contributed by atoms with Crippen LogP contribution in [0.3, 0.4) is 0 Å². The van der Waals surface area contributed by atoms with E-state index in [-0.39, 0.29) is 5.57 Å². The summed E-state index contributed by atoms with van der Waals surface area (Å²) in [6, 6.07) is 16.9. The molecule has 0 atom stereocenters. The van der Waals surface area contributed by atoms with E-state index in [2.05, 4.69) is 4.28 Å². The Balaban J connectivity index is 2.00. The van der Waals surface area contributed by atoms with Crippen molar-refractivity contribution >= 4 is 21.9 Å². The SMILES string of the molecule is O=C1C=C(C(c2ccccc2)c2ccccc2)C(=O)N1OS(=O)(=O)C(F)(F)F. The number of halogens is 3. The third kappa shape index (κ3) is 3.69. The second kappa shape index (κ2) is 7.21. The average Bonchev–Trinajstić information content (AvgIpc) is 2.91. The molecule has 0 aliphatic carbocycles. The number of carbonyl (C=O) groups excluding carboxylic acids is 2. The fraction of sp³-hybridized carbons (Fsp3) is 0.111. The summed E-state index contributed by atoms with van der Waals surface area (Å²) < 4.78 is 63.8. The molecule has 0 radical (unpaired) electrons. The van der Waals surface area contributed by atoms with Crippen LogP contribution in [0.4, 0.5) is 13.2 Å². The highest BCUT2D eigenvalue weighted by Crippen LogP contribution is 2.36. The lowest BCUT2D eigenvalue weighted by Crippen LogP contribution is -2.39. The van der Waals surface area contributed by atoms with Gasteiger partial charge in [-0.15, -0.1) is 9.35 Å². The van der Waals surface area contributed by atoms with Crippen LogP contribution in [0, 0.1) is 0 Å². The van der Waals surface area contributed by atoms with Crippen LogP contribution in [-0.4, -0.2) is 30.8 Å². The molecule has 0 aromatic heterocycles. The molecule has 10 heteroatoms. The monoisotopic (exact) mass is 411 g/mol. The first-order valence-electron chi connectivity index (χ1n) is 7.82. The lowest BCUT2D eigenvalue weighted by Gasteiger charge is -2.20. The summed E-state index contributed by atoms with van der Waals surface area (Å²) in [7, 11) is -6.17. The zero-order valence-corrected chi connectivity index (χ0v) is 14.8. The number of rotatable bonds is 5. The van der Waals surface area contributed by atoms with E-state index in [1.807, 2.05) is 0 Å². The smallest absolute Gasteiger partial charge is 0.267 e. The highest BCUT2D eigenvalue weighted by Gasteiger charge is 2.52. The number of benzene rings is 2. The third-order valence-electron chi connectivity index (χ3n) is 3.94. The summed E-state index contributed by atoms with van der Waals surface area (Å²) in [5, 5.41) is -0.392. The average molecular weight is 411 g/mol. The Morgan fingerprint density at radius 2 is 1.32 bits per heavy atom. The molecule has 0 N–H and O–H groups in total. The van der Waals surface area contributed by atoms with Gasteiger partial charge >= 0.3 is 15.6 Å². The number of hydrogen-bond donors (Lipinski definition) is 0. The maximum atomic E-state index is 12.6. The molecule has 2 amide bonds. The van der Waals surface area contributed by atoms with Gasteiger partial charge in [-0.05, 0) is 11.1 Å². The molecule has 1 aliphatic rings. The van der Waals surface area contributed by atoms with Crippen LogP contribution in [0.5, 0.6) is 0 Å². The molecule has 6 nitrogen and oxygen atoms in total. The van der Waals surface area contributed by atoms with E-state index in [0.29, 0.717) is 11.1 Å². The van der Waals surface area contributed by atoms with Crippen molar-refractivity contribution in [2.75, 3.05) is 0 Å². The molecular weight excluding hydrogens is 399 g/mol. The molecule has 2 aromatic carbocycles. The van der Waals surface area contributed by atoms with Gasteiger partial charge in [0.15, 0.2) is 0 Å². The number of hydroxylamine groups is 2. The predicted molar refractivity (Wildman–Crippen MR) is 90.7 cm³/mol. The van der Waals surface area contributed by atoms with Gasteiger partial charge in [0.2, 0.25) is 0 Å². The second-order valence-corrected chi connectivity index (χ2v) is 7.29. The molecule has 0 spiro atoms. The van der Waals surface area contributed by atoms with Crippen molar-refractivity contribution in [2.24, 2.45) is 0 Å². The summed E-state index contributed by atoms with van der Waals surface area (Å²) in [6.07, 6.45) is 0.777. The molecule has 0 fully saturated rings. The van der Waals surface area contributed by atoms with Crippen molar-refractivity contribution in [3.05, 3.63) is 83.4 Å². The van der Waals surface area contributed by atoms with Gasteiger partial charge in [0.25, 0.3) is 11.8 Å².